The van der Waals surface area contributed by atoms with Gasteiger partial charge in [0.25, 0.3) is 0 Å². The largest absolute Gasteiger partial charge is 0.381 e. The minimum Gasteiger partial charge on any atom is -0.381 e. The van der Waals surface area contributed by atoms with E-state index >= 15 is 0 Å². The molecule has 4 rings (SSSR count). The molecule has 20 heavy (non-hydrogen) atoms. The number of aromatic amines is 1. The quantitative estimate of drug-likeness (QED) is 0.871. The smallest absolute Gasteiger partial charge is 0.0693 e. The fourth-order valence-corrected chi connectivity index (χ4v) is 4.14. The van der Waals surface area contributed by atoms with E-state index in [1.54, 1.807) is 0 Å². The van der Waals surface area contributed by atoms with Crippen molar-refractivity contribution in [2.24, 2.45) is 11.3 Å². The predicted molar refractivity (Wildman–Crippen MR) is 82.0 cm³/mol. The number of hydrogen-bond donors (Lipinski definition) is 2. The Kier molecular flexibility index (Phi) is 2.61. The second-order valence-electron chi connectivity index (χ2n) is 6.82. The molecule has 1 aromatic carbocycles. The first kappa shape index (κ1) is 12.3. The number of nitrogens with one attached hydrogen (secondary N) is 2. The van der Waals surface area contributed by atoms with Crippen LogP contribution in [0.2, 0.25) is 0 Å². The summed E-state index contributed by atoms with van der Waals surface area (Å²) in [7, 11) is 0. The lowest BCUT2D eigenvalue weighted by Gasteiger charge is -2.60. The fraction of sp³-hybridized carbons (Fsp3) is 0.529. The summed E-state index contributed by atoms with van der Waals surface area (Å²) in [5.74, 6) is 0.667. The van der Waals surface area contributed by atoms with E-state index in [2.05, 4.69) is 48.4 Å². The van der Waals surface area contributed by atoms with Gasteiger partial charge in [0.05, 0.1) is 6.10 Å². The van der Waals surface area contributed by atoms with Gasteiger partial charge in [0, 0.05) is 46.8 Å². The Hall–Kier alpha value is -1.48. The van der Waals surface area contributed by atoms with Crippen LogP contribution in [0.4, 0.5) is 5.69 Å². The Labute approximate surface area is 119 Å². The molecular weight excluding hydrogens is 248 g/mol. The van der Waals surface area contributed by atoms with E-state index in [1.165, 1.54) is 29.4 Å². The van der Waals surface area contributed by atoms with Crippen molar-refractivity contribution >= 4 is 16.6 Å². The van der Waals surface area contributed by atoms with Crippen LogP contribution in [0.25, 0.3) is 10.9 Å². The molecule has 3 nitrogen and oxygen atoms in total. The lowest BCUT2D eigenvalue weighted by Crippen LogP contribution is -2.67. The number of H-pyrrole nitrogens is 1. The Bertz CT molecular complexity index is 631. The van der Waals surface area contributed by atoms with Gasteiger partial charge < -0.3 is 15.0 Å². The molecule has 0 spiro atoms. The van der Waals surface area contributed by atoms with Gasteiger partial charge in [-0.2, -0.15) is 0 Å². The van der Waals surface area contributed by atoms with Crippen molar-refractivity contribution in [2.45, 2.75) is 38.8 Å². The normalized spacial score (nSPS) is 31.6. The fourth-order valence-electron chi connectivity index (χ4n) is 4.14. The molecule has 3 atom stereocenters. The highest BCUT2D eigenvalue weighted by Gasteiger charge is 2.57. The van der Waals surface area contributed by atoms with Crippen LogP contribution in [0.15, 0.2) is 30.5 Å². The second-order valence-corrected chi connectivity index (χ2v) is 6.82. The van der Waals surface area contributed by atoms with Crippen molar-refractivity contribution in [3.8, 4) is 0 Å². The molecule has 2 heterocycles. The van der Waals surface area contributed by atoms with Crippen LogP contribution in [-0.4, -0.2) is 23.7 Å². The summed E-state index contributed by atoms with van der Waals surface area (Å²) >= 11 is 0. The van der Waals surface area contributed by atoms with E-state index in [-0.39, 0.29) is 5.41 Å². The molecule has 2 aromatic rings. The van der Waals surface area contributed by atoms with Gasteiger partial charge in [0.15, 0.2) is 0 Å². The van der Waals surface area contributed by atoms with Crippen molar-refractivity contribution in [1.29, 1.82) is 0 Å². The highest BCUT2D eigenvalue weighted by atomic mass is 16.5. The van der Waals surface area contributed by atoms with E-state index in [0.717, 1.165) is 6.61 Å². The number of ether oxygens (including phenoxy) is 1. The average molecular weight is 270 g/mol. The highest BCUT2D eigenvalue weighted by Crippen LogP contribution is 2.52. The number of aromatic nitrogens is 1. The number of fused-ring (bicyclic) bond motifs is 2. The zero-order chi connectivity index (χ0) is 13.7. The summed E-state index contributed by atoms with van der Waals surface area (Å²) in [6.07, 6.45) is 4.92. The van der Waals surface area contributed by atoms with E-state index in [9.17, 15) is 0 Å². The predicted octanol–water partition coefficient (Wildman–Crippen LogP) is 3.78. The van der Waals surface area contributed by atoms with Crippen molar-refractivity contribution in [3.05, 3.63) is 30.5 Å². The monoisotopic (exact) mass is 270 g/mol. The van der Waals surface area contributed by atoms with Gasteiger partial charge in [-0.1, -0.05) is 13.8 Å². The van der Waals surface area contributed by atoms with Crippen LogP contribution in [0.5, 0.6) is 0 Å². The van der Waals surface area contributed by atoms with Gasteiger partial charge >= 0.3 is 0 Å². The van der Waals surface area contributed by atoms with Crippen molar-refractivity contribution in [1.82, 2.24) is 4.98 Å². The molecule has 3 heteroatoms. The van der Waals surface area contributed by atoms with Crippen molar-refractivity contribution < 1.29 is 4.74 Å². The zero-order valence-corrected chi connectivity index (χ0v) is 12.1. The van der Waals surface area contributed by atoms with Gasteiger partial charge in [0.2, 0.25) is 0 Å². The van der Waals surface area contributed by atoms with Gasteiger partial charge in [-0.25, -0.2) is 0 Å². The Balaban J connectivity index is 1.58. The molecule has 106 valence electrons. The molecule has 1 saturated carbocycles. The van der Waals surface area contributed by atoms with Gasteiger partial charge in [0.1, 0.15) is 0 Å². The van der Waals surface area contributed by atoms with Crippen LogP contribution in [0, 0.1) is 11.3 Å². The van der Waals surface area contributed by atoms with Crippen LogP contribution in [-0.2, 0) is 4.74 Å². The molecule has 1 aliphatic heterocycles. The number of anilines is 1. The van der Waals surface area contributed by atoms with Crippen molar-refractivity contribution in [3.63, 3.8) is 0 Å². The first-order valence-electron chi connectivity index (χ1n) is 7.61. The summed E-state index contributed by atoms with van der Waals surface area (Å²) in [6.45, 7) is 5.59. The third-order valence-corrected chi connectivity index (χ3v) is 5.21. The summed E-state index contributed by atoms with van der Waals surface area (Å²) in [4.78, 5) is 3.24. The molecule has 0 bridgehead atoms. The maximum Gasteiger partial charge on any atom is 0.0693 e. The first-order valence-corrected chi connectivity index (χ1v) is 7.61. The average Bonchev–Trinajstić information content (AvgIpc) is 2.92. The van der Waals surface area contributed by atoms with Crippen LogP contribution in [0.1, 0.15) is 26.7 Å². The van der Waals surface area contributed by atoms with E-state index in [1.807, 2.05) is 6.20 Å². The van der Waals surface area contributed by atoms with Crippen LogP contribution in [0.3, 0.4) is 0 Å². The third-order valence-electron chi connectivity index (χ3n) is 5.21. The molecule has 1 saturated heterocycles. The summed E-state index contributed by atoms with van der Waals surface area (Å²) in [5, 5.41) is 5.02. The number of hydrogen-bond acceptors (Lipinski definition) is 2. The number of rotatable bonds is 2. The van der Waals surface area contributed by atoms with Crippen LogP contribution < -0.4 is 5.32 Å². The Morgan fingerprint density at radius 3 is 3.10 bits per heavy atom. The van der Waals surface area contributed by atoms with E-state index in [0.29, 0.717) is 18.1 Å². The molecular formula is C17H22N2O. The molecule has 2 N–H and O–H groups in total. The Morgan fingerprint density at radius 2 is 2.20 bits per heavy atom. The highest BCUT2D eigenvalue weighted by molar-refractivity contribution is 5.83. The standard InChI is InChI=1S/C17H22N2O/c1-17(2)15(13-4-3-9-20-16(13)17)19-12-5-6-14-11(10-12)7-8-18-14/h5-8,10,13,15-16,18-19H,3-4,9H2,1-2H3. The zero-order valence-electron chi connectivity index (χ0n) is 12.1. The van der Waals surface area contributed by atoms with E-state index < -0.39 is 0 Å². The van der Waals surface area contributed by atoms with Gasteiger partial charge in [-0.15, -0.1) is 0 Å². The topological polar surface area (TPSA) is 37.0 Å². The third kappa shape index (κ3) is 1.69. The molecule has 0 radical (unpaired) electrons. The summed E-state index contributed by atoms with van der Waals surface area (Å²) < 4.78 is 5.97. The second kappa shape index (κ2) is 4.26. The summed E-state index contributed by atoms with van der Waals surface area (Å²) in [6, 6.07) is 9.20. The lowest BCUT2D eigenvalue weighted by atomic mass is 9.55. The molecule has 1 aliphatic carbocycles. The molecule has 2 fully saturated rings. The van der Waals surface area contributed by atoms with Gasteiger partial charge in [-0.3, -0.25) is 0 Å². The molecule has 3 unspecified atom stereocenters. The van der Waals surface area contributed by atoms with Crippen molar-refractivity contribution in [2.75, 3.05) is 11.9 Å². The summed E-state index contributed by atoms with van der Waals surface area (Å²) in [5.41, 5.74) is 2.64. The molecule has 2 aliphatic rings. The maximum absolute atomic E-state index is 5.97. The first-order chi connectivity index (χ1) is 9.66. The lowest BCUT2D eigenvalue weighted by molar-refractivity contribution is -0.177. The SMILES string of the molecule is CC1(C)C(Nc2ccc3[nH]ccc3c2)C2CCCOC21. The number of benzene rings is 1. The van der Waals surface area contributed by atoms with Crippen LogP contribution >= 0.6 is 0 Å². The minimum atomic E-state index is 0.220. The maximum atomic E-state index is 5.97. The molecule has 1 aromatic heterocycles. The van der Waals surface area contributed by atoms with E-state index in [4.69, 9.17) is 4.74 Å². The minimum absolute atomic E-state index is 0.220. The Morgan fingerprint density at radius 1 is 1.30 bits per heavy atom. The molecule has 0 amide bonds. The van der Waals surface area contributed by atoms with Gasteiger partial charge in [-0.05, 0) is 37.1 Å².